The summed E-state index contributed by atoms with van der Waals surface area (Å²) in [4.78, 5) is 46.9. The van der Waals surface area contributed by atoms with E-state index in [-0.39, 0.29) is 19.0 Å². The highest BCUT2D eigenvalue weighted by Gasteiger charge is 2.48. The first kappa shape index (κ1) is 13.3. The van der Waals surface area contributed by atoms with Crippen molar-refractivity contribution >= 4 is 23.8 Å². The molecule has 2 rings (SSSR count). The third-order valence-electron chi connectivity index (χ3n) is 3.68. The van der Waals surface area contributed by atoms with E-state index >= 15 is 0 Å². The molecule has 1 unspecified atom stereocenters. The summed E-state index contributed by atoms with van der Waals surface area (Å²) in [6.07, 6.45) is 0.589. The first-order valence-corrected chi connectivity index (χ1v) is 6.01. The van der Waals surface area contributed by atoms with Crippen molar-refractivity contribution < 1.29 is 24.3 Å². The Hall–Kier alpha value is -2.12. The van der Waals surface area contributed by atoms with Gasteiger partial charge in [-0.3, -0.25) is 19.7 Å². The standard InChI is InChI=1S/C11H15N3O5/c1-6(8(16)17)7(15)14-4-2-11(3-5-14)9(18)12-10(19)13-11/h6H,2-5H2,1H3,(H,16,17)(H2,12,13,18,19). The Balaban J connectivity index is 2.00. The van der Waals surface area contributed by atoms with E-state index in [1.807, 2.05) is 0 Å². The molecule has 0 aromatic heterocycles. The zero-order valence-corrected chi connectivity index (χ0v) is 10.4. The number of carboxylic acids is 1. The van der Waals surface area contributed by atoms with E-state index in [9.17, 15) is 19.2 Å². The quantitative estimate of drug-likeness (QED) is 0.435. The first-order valence-electron chi connectivity index (χ1n) is 6.01. The summed E-state index contributed by atoms with van der Waals surface area (Å²) in [7, 11) is 0. The van der Waals surface area contributed by atoms with Crippen molar-refractivity contribution in [3.05, 3.63) is 0 Å². The van der Waals surface area contributed by atoms with Crippen molar-refractivity contribution in [1.29, 1.82) is 0 Å². The van der Waals surface area contributed by atoms with Crippen LogP contribution in [0.1, 0.15) is 19.8 Å². The predicted octanol–water partition coefficient (Wildman–Crippen LogP) is -1.09. The molecule has 8 nitrogen and oxygen atoms in total. The Kier molecular flexibility index (Phi) is 3.17. The maximum atomic E-state index is 11.8. The van der Waals surface area contributed by atoms with Crippen LogP contribution in [-0.4, -0.2) is 52.4 Å². The molecule has 1 spiro atoms. The number of aliphatic carboxylic acids is 1. The molecule has 2 aliphatic rings. The van der Waals surface area contributed by atoms with Gasteiger partial charge in [0.15, 0.2) is 0 Å². The summed E-state index contributed by atoms with van der Waals surface area (Å²) in [6, 6.07) is -0.524. The van der Waals surface area contributed by atoms with Crippen LogP contribution in [0.2, 0.25) is 0 Å². The Morgan fingerprint density at radius 1 is 1.32 bits per heavy atom. The molecule has 19 heavy (non-hydrogen) atoms. The van der Waals surface area contributed by atoms with E-state index in [0.717, 1.165) is 0 Å². The monoisotopic (exact) mass is 269 g/mol. The summed E-state index contributed by atoms with van der Waals surface area (Å²) < 4.78 is 0. The SMILES string of the molecule is CC(C(=O)O)C(=O)N1CCC2(CC1)NC(=O)NC2=O. The van der Waals surface area contributed by atoms with Gasteiger partial charge in [-0.05, 0) is 19.8 Å². The summed E-state index contributed by atoms with van der Waals surface area (Å²) in [5.74, 6) is -3.11. The highest BCUT2D eigenvalue weighted by Crippen LogP contribution is 2.26. The van der Waals surface area contributed by atoms with Gasteiger partial charge in [-0.2, -0.15) is 0 Å². The number of nitrogens with one attached hydrogen (secondary N) is 2. The third-order valence-corrected chi connectivity index (χ3v) is 3.68. The van der Waals surface area contributed by atoms with Crippen LogP contribution < -0.4 is 10.6 Å². The molecule has 2 aliphatic heterocycles. The molecule has 0 saturated carbocycles. The molecule has 104 valence electrons. The summed E-state index contributed by atoms with van der Waals surface area (Å²) in [5.41, 5.74) is -0.944. The van der Waals surface area contributed by atoms with Gasteiger partial charge in [-0.15, -0.1) is 0 Å². The van der Waals surface area contributed by atoms with Gasteiger partial charge < -0.3 is 15.3 Å². The molecule has 0 bridgehead atoms. The minimum atomic E-state index is -1.17. The normalized spacial score (nSPS) is 22.9. The van der Waals surface area contributed by atoms with Crippen molar-refractivity contribution in [2.24, 2.45) is 5.92 Å². The van der Waals surface area contributed by atoms with Gasteiger partial charge in [0.2, 0.25) is 5.91 Å². The number of carboxylic acid groups (broad SMARTS) is 1. The average molecular weight is 269 g/mol. The van der Waals surface area contributed by atoms with E-state index in [1.54, 1.807) is 0 Å². The van der Waals surface area contributed by atoms with E-state index in [2.05, 4.69) is 10.6 Å². The van der Waals surface area contributed by atoms with Gasteiger partial charge in [0.25, 0.3) is 5.91 Å². The number of nitrogens with zero attached hydrogens (tertiary/aromatic N) is 1. The number of hydrogen-bond acceptors (Lipinski definition) is 4. The van der Waals surface area contributed by atoms with Gasteiger partial charge in [-0.25, -0.2) is 4.79 Å². The van der Waals surface area contributed by atoms with E-state index in [1.165, 1.54) is 11.8 Å². The lowest BCUT2D eigenvalue weighted by Gasteiger charge is -2.37. The van der Waals surface area contributed by atoms with Crippen molar-refractivity contribution in [1.82, 2.24) is 15.5 Å². The second-order valence-corrected chi connectivity index (χ2v) is 4.88. The Morgan fingerprint density at radius 2 is 1.89 bits per heavy atom. The number of urea groups is 1. The molecule has 4 amide bonds. The van der Waals surface area contributed by atoms with Gasteiger partial charge >= 0.3 is 12.0 Å². The third kappa shape index (κ3) is 2.25. The molecular weight excluding hydrogens is 254 g/mol. The van der Waals surface area contributed by atoms with Crippen LogP contribution in [0, 0.1) is 5.92 Å². The van der Waals surface area contributed by atoms with Crippen LogP contribution in [0.15, 0.2) is 0 Å². The molecule has 3 N–H and O–H groups in total. The van der Waals surface area contributed by atoms with Gasteiger partial charge in [0, 0.05) is 13.1 Å². The minimum Gasteiger partial charge on any atom is -0.481 e. The van der Waals surface area contributed by atoms with Gasteiger partial charge in [0.1, 0.15) is 11.5 Å². The predicted molar refractivity (Wildman–Crippen MR) is 62.0 cm³/mol. The highest BCUT2D eigenvalue weighted by atomic mass is 16.4. The summed E-state index contributed by atoms with van der Waals surface area (Å²) in [5, 5.41) is 13.5. The summed E-state index contributed by atoms with van der Waals surface area (Å²) >= 11 is 0. The van der Waals surface area contributed by atoms with Crippen LogP contribution in [0.25, 0.3) is 0 Å². The van der Waals surface area contributed by atoms with Crippen LogP contribution in [0.5, 0.6) is 0 Å². The second kappa shape index (κ2) is 4.52. The Labute approximate surface area is 109 Å². The zero-order valence-electron chi connectivity index (χ0n) is 10.4. The maximum Gasteiger partial charge on any atom is 0.322 e. The van der Waals surface area contributed by atoms with Crippen LogP contribution in [0.3, 0.4) is 0 Å². The van der Waals surface area contributed by atoms with Crippen molar-refractivity contribution in [2.45, 2.75) is 25.3 Å². The number of imide groups is 1. The van der Waals surface area contributed by atoms with Crippen molar-refractivity contribution in [3.8, 4) is 0 Å². The van der Waals surface area contributed by atoms with Crippen molar-refractivity contribution in [2.75, 3.05) is 13.1 Å². The number of carbonyl (C=O) groups is 4. The molecule has 2 heterocycles. The fourth-order valence-electron chi connectivity index (χ4n) is 2.37. The number of hydrogen-bond donors (Lipinski definition) is 3. The molecule has 2 fully saturated rings. The van der Waals surface area contributed by atoms with Crippen molar-refractivity contribution in [3.63, 3.8) is 0 Å². The molecular formula is C11H15N3O5. The number of rotatable bonds is 2. The lowest BCUT2D eigenvalue weighted by Crippen LogP contribution is -2.56. The molecule has 0 aromatic carbocycles. The van der Waals surface area contributed by atoms with E-state index in [0.29, 0.717) is 12.8 Å². The fraction of sp³-hybridized carbons (Fsp3) is 0.636. The average Bonchev–Trinajstić information content (AvgIpc) is 2.63. The smallest absolute Gasteiger partial charge is 0.322 e. The topological polar surface area (TPSA) is 116 Å². The number of amides is 4. The summed E-state index contributed by atoms with van der Waals surface area (Å²) in [6.45, 7) is 1.84. The largest absolute Gasteiger partial charge is 0.481 e. The number of carbonyl (C=O) groups excluding carboxylic acids is 3. The maximum absolute atomic E-state index is 11.8. The molecule has 1 atom stereocenters. The highest BCUT2D eigenvalue weighted by molar-refractivity contribution is 6.07. The second-order valence-electron chi connectivity index (χ2n) is 4.88. The lowest BCUT2D eigenvalue weighted by molar-refractivity contribution is -0.151. The molecule has 2 saturated heterocycles. The lowest BCUT2D eigenvalue weighted by atomic mass is 9.87. The Morgan fingerprint density at radius 3 is 2.32 bits per heavy atom. The van der Waals surface area contributed by atoms with E-state index in [4.69, 9.17) is 5.11 Å². The molecule has 0 aromatic rings. The minimum absolute atomic E-state index is 0.254. The number of piperidine rings is 1. The molecule has 0 aliphatic carbocycles. The van der Waals surface area contributed by atoms with Crippen LogP contribution in [-0.2, 0) is 14.4 Å². The van der Waals surface area contributed by atoms with Crippen LogP contribution >= 0.6 is 0 Å². The first-order chi connectivity index (χ1) is 8.85. The van der Waals surface area contributed by atoms with Crippen LogP contribution in [0.4, 0.5) is 4.79 Å². The fourth-order valence-corrected chi connectivity index (χ4v) is 2.37. The van der Waals surface area contributed by atoms with E-state index < -0.39 is 29.4 Å². The van der Waals surface area contributed by atoms with Gasteiger partial charge in [0.05, 0.1) is 0 Å². The molecule has 0 radical (unpaired) electrons. The van der Waals surface area contributed by atoms with Gasteiger partial charge in [-0.1, -0.05) is 0 Å². The molecule has 8 heteroatoms. The zero-order chi connectivity index (χ0) is 14.2. The Bertz CT molecular complexity index is 453. The number of likely N-dealkylation sites (tertiary alicyclic amines) is 1.